The molecule has 2 heteroatoms. The molecule has 0 aliphatic heterocycles. The van der Waals surface area contributed by atoms with E-state index in [9.17, 15) is 0 Å². The van der Waals surface area contributed by atoms with Crippen LogP contribution < -0.4 is 5.32 Å². The van der Waals surface area contributed by atoms with E-state index >= 15 is 0 Å². The fraction of sp³-hybridized carbons (Fsp3) is 1.00. The van der Waals surface area contributed by atoms with Gasteiger partial charge in [0.05, 0.1) is 5.60 Å². The predicted molar refractivity (Wildman–Crippen MR) is 44.2 cm³/mol. The zero-order chi connectivity index (χ0) is 8.04. The Bertz CT molecular complexity index is 81.3. The quantitative estimate of drug-likeness (QED) is 0.591. The third-order valence-corrected chi connectivity index (χ3v) is 1.71. The molecule has 10 heavy (non-hydrogen) atoms. The lowest BCUT2D eigenvalue weighted by molar-refractivity contribution is 0.0160. The van der Waals surface area contributed by atoms with Gasteiger partial charge in [-0.3, -0.25) is 0 Å². The van der Waals surface area contributed by atoms with Gasteiger partial charge < -0.3 is 10.1 Å². The van der Waals surface area contributed by atoms with Crippen LogP contribution in [0.3, 0.4) is 0 Å². The molecule has 0 aromatic rings. The zero-order valence-electron chi connectivity index (χ0n) is 7.53. The van der Waals surface area contributed by atoms with Gasteiger partial charge in [0.2, 0.25) is 0 Å². The van der Waals surface area contributed by atoms with E-state index in [0.717, 1.165) is 19.5 Å². The van der Waals surface area contributed by atoms with E-state index in [4.69, 9.17) is 4.74 Å². The number of ether oxygens (including phenoxy) is 1. The van der Waals surface area contributed by atoms with Gasteiger partial charge in [-0.25, -0.2) is 0 Å². The first kappa shape index (κ1) is 9.92. The highest BCUT2D eigenvalue weighted by Gasteiger charge is 2.14. The maximum absolute atomic E-state index is 5.24. The third-order valence-electron chi connectivity index (χ3n) is 1.71. The number of methoxy groups -OCH3 is 1. The van der Waals surface area contributed by atoms with Crippen LogP contribution in [0.5, 0.6) is 0 Å². The lowest BCUT2D eigenvalue weighted by Gasteiger charge is -2.22. The van der Waals surface area contributed by atoms with Gasteiger partial charge in [-0.05, 0) is 33.4 Å². The summed E-state index contributed by atoms with van der Waals surface area (Å²) in [4.78, 5) is 0. The van der Waals surface area contributed by atoms with Crippen molar-refractivity contribution >= 4 is 0 Å². The summed E-state index contributed by atoms with van der Waals surface area (Å²) in [5.74, 6) is 0. The molecule has 0 aliphatic rings. The van der Waals surface area contributed by atoms with Gasteiger partial charge >= 0.3 is 0 Å². The van der Waals surface area contributed by atoms with Crippen molar-refractivity contribution < 1.29 is 4.74 Å². The number of nitrogens with one attached hydrogen (secondary N) is 1. The van der Waals surface area contributed by atoms with E-state index in [1.807, 2.05) is 0 Å². The van der Waals surface area contributed by atoms with E-state index in [-0.39, 0.29) is 5.60 Å². The SMILES string of the molecule is CCNCCC(C)(C)OC. The highest BCUT2D eigenvalue weighted by atomic mass is 16.5. The average Bonchev–Trinajstić information content (AvgIpc) is 1.89. The molecule has 0 saturated heterocycles. The highest BCUT2D eigenvalue weighted by molar-refractivity contribution is 4.68. The van der Waals surface area contributed by atoms with Gasteiger partial charge in [-0.1, -0.05) is 6.92 Å². The zero-order valence-corrected chi connectivity index (χ0v) is 7.53. The molecule has 0 atom stereocenters. The van der Waals surface area contributed by atoms with E-state index in [2.05, 4.69) is 26.1 Å². The lowest BCUT2D eigenvalue weighted by atomic mass is 10.1. The van der Waals surface area contributed by atoms with Gasteiger partial charge in [0, 0.05) is 7.11 Å². The average molecular weight is 145 g/mol. The Morgan fingerprint density at radius 1 is 1.40 bits per heavy atom. The number of hydrogen-bond donors (Lipinski definition) is 1. The summed E-state index contributed by atoms with van der Waals surface area (Å²) in [6.07, 6.45) is 1.07. The van der Waals surface area contributed by atoms with Gasteiger partial charge in [-0.2, -0.15) is 0 Å². The van der Waals surface area contributed by atoms with Crippen LogP contribution in [0.15, 0.2) is 0 Å². The molecule has 0 aromatic carbocycles. The normalized spacial score (nSPS) is 12.0. The molecular weight excluding hydrogens is 126 g/mol. The minimum atomic E-state index is 0.0299. The molecular formula is C8H19NO. The standard InChI is InChI=1S/C8H19NO/c1-5-9-7-6-8(2,3)10-4/h9H,5-7H2,1-4H3. The minimum Gasteiger partial charge on any atom is -0.379 e. The van der Waals surface area contributed by atoms with Crippen LogP contribution in [0.2, 0.25) is 0 Å². The van der Waals surface area contributed by atoms with Crippen molar-refractivity contribution in [2.75, 3.05) is 20.2 Å². The van der Waals surface area contributed by atoms with Crippen molar-refractivity contribution in [3.05, 3.63) is 0 Å². The van der Waals surface area contributed by atoms with Crippen molar-refractivity contribution in [1.82, 2.24) is 5.32 Å². The van der Waals surface area contributed by atoms with Crippen LogP contribution in [-0.4, -0.2) is 25.8 Å². The second-order valence-corrected chi connectivity index (χ2v) is 3.07. The number of hydrogen-bond acceptors (Lipinski definition) is 2. The summed E-state index contributed by atoms with van der Waals surface area (Å²) in [7, 11) is 1.76. The van der Waals surface area contributed by atoms with E-state index in [1.165, 1.54) is 0 Å². The topological polar surface area (TPSA) is 21.3 Å². The summed E-state index contributed by atoms with van der Waals surface area (Å²) in [6.45, 7) is 8.39. The molecule has 0 unspecified atom stereocenters. The lowest BCUT2D eigenvalue weighted by Crippen LogP contribution is -2.28. The highest BCUT2D eigenvalue weighted by Crippen LogP contribution is 2.10. The summed E-state index contributed by atoms with van der Waals surface area (Å²) < 4.78 is 5.24. The summed E-state index contributed by atoms with van der Waals surface area (Å²) in [6, 6.07) is 0. The Hall–Kier alpha value is -0.0800. The minimum absolute atomic E-state index is 0.0299. The molecule has 0 heterocycles. The molecule has 0 aromatic heterocycles. The van der Waals surface area contributed by atoms with Gasteiger partial charge in [0.15, 0.2) is 0 Å². The van der Waals surface area contributed by atoms with Crippen LogP contribution in [0.4, 0.5) is 0 Å². The largest absolute Gasteiger partial charge is 0.379 e. The first-order valence-corrected chi connectivity index (χ1v) is 3.88. The Morgan fingerprint density at radius 3 is 2.40 bits per heavy atom. The van der Waals surface area contributed by atoms with Crippen molar-refractivity contribution in [1.29, 1.82) is 0 Å². The maximum atomic E-state index is 5.24. The molecule has 0 saturated carbocycles. The molecule has 1 N–H and O–H groups in total. The first-order chi connectivity index (χ1) is 4.62. The first-order valence-electron chi connectivity index (χ1n) is 3.88. The Kier molecular flexibility index (Phi) is 4.65. The fourth-order valence-corrected chi connectivity index (χ4v) is 0.668. The Labute approximate surface area is 64.0 Å². The molecule has 0 fully saturated rings. The molecule has 0 rings (SSSR count). The van der Waals surface area contributed by atoms with E-state index in [1.54, 1.807) is 7.11 Å². The van der Waals surface area contributed by atoms with Crippen LogP contribution in [-0.2, 0) is 4.74 Å². The molecule has 0 aliphatic carbocycles. The smallest absolute Gasteiger partial charge is 0.0634 e. The van der Waals surface area contributed by atoms with Crippen molar-refractivity contribution in [2.24, 2.45) is 0 Å². The molecule has 0 spiro atoms. The molecule has 0 bridgehead atoms. The van der Waals surface area contributed by atoms with Gasteiger partial charge in [-0.15, -0.1) is 0 Å². The third kappa shape index (κ3) is 4.77. The Morgan fingerprint density at radius 2 is 2.00 bits per heavy atom. The molecule has 2 nitrogen and oxygen atoms in total. The molecule has 62 valence electrons. The monoisotopic (exact) mass is 145 g/mol. The van der Waals surface area contributed by atoms with Crippen molar-refractivity contribution in [3.63, 3.8) is 0 Å². The van der Waals surface area contributed by atoms with Crippen LogP contribution >= 0.6 is 0 Å². The Balaban J connectivity index is 3.28. The van der Waals surface area contributed by atoms with Crippen molar-refractivity contribution in [3.8, 4) is 0 Å². The van der Waals surface area contributed by atoms with E-state index in [0.29, 0.717) is 0 Å². The number of rotatable bonds is 5. The summed E-state index contributed by atoms with van der Waals surface area (Å²) in [5.41, 5.74) is 0.0299. The predicted octanol–water partition coefficient (Wildman–Crippen LogP) is 1.41. The van der Waals surface area contributed by atoms with Gasteiger partial charge in [0.25, 0.3) is 0 Å². The fourth-order valence-electron chi connectivity index (χ4n) is 0.668. The second-order valence-electron chi connectivity index (χ2n) is 3.07. The molecule has 0 radical (unpaired) electrons. The van der Waals surface area contributed by atoms with Gasteiger partial charge in [0.1, 0.15) is 0 Å². The van der Waals surface area contributed by atoms with Crippen molar-refractivity contribution in [2.45, 2.75) is 32.8 Å². The van der Waals surface area contributed by atoms with Crippen LogP contribution in [0.25, 0.3) is 0 Å². The summed E-state index contributed by atoms with van der Waals surface area (Å²) in [5, 5.41) is 3.26. The maximum Gasteiger partial charge on any atom is 0.0634 e. The van der Waals surface area contributed by atoms with Crippen LogP contribution in [0, 0.1) is 0 Å². The second kappa shape index (κ2) is 4.69. The summed E-state index contributed by atoms with van der Waals surface area (Å²) >= 11 is 0. The molecule has 0 amide bonds. The van der Waals surface area contributed by atoms with E-state index < -0.39 is 0 Å². The van der Waals surface area contributed by atoms with Crippen LogP contribution in [0.1, 0.15) is 27.2 Å².